The van der Waals surface area contributed by atoms with E-state index in [-0.39, 0.29) is 12.5 Å². The molecule has 0 spiro atoms. The Morgan fingerprint density at radius 3 is 2.40 bits per heavy atom. The number of nitrogens with one attached hydrogen (secondary N) is 1. The molecule has 30 heavy (non-hydrogen) atoms. The molecular weight excluding hydrogens is 374 g/mol. The Hall–Kier alpha value is -3.86. The largest absolute Gasteiger partial charge is 0.483 e. The first kappa shape index (κ1) is 19.5. The first-order valence-electron chi connectivity index (χ1n) is 9.89. The van der Waals surface area contributed by atoms with Gasteiger partial charge in [-0.15, -0.1) is 0 Å². The van der Waals surface area contributed by atoms with Crippen LogP contribution in [0.3, 0.4) is 0 Å². The molecule has 1 aromatic heterocycles. The number of ether oxygens (including phenoxy) is 1. The number of hydrogen-bond acceptors (Lipinski definition) is 3. The van der Waals surface area contributed by atoms with Gasteiger partial charge >= 0.3 is 0 Å². The fraction of sp³-hybridized carbons (Fsp3) is 0.120. The van der Waals surface area contributed by atoms with Gasteiger partial charge in [0.25, 0.3) is 5.91 Å². The molecule has 5 nitrogen and oxygen atoms in total. The summed E-state index contributed by atoms with van der Waals surface area (Å²) < 4.78 is 7.62. The summed E-state index contributed by atoms with van der Waals surface area (Å²) in [5.41, 5.74) is 4.18. The molecule has 0 saturated carbocycles. The molecule has 5 heteroatoms. The Kier molecular flexibility index (Phi) is 6.20. The van der Waals surface area contributed by atoms with Gasteiger partial charge < -0.3 is 10.1 Å². The van der Waals surface area contributed by atoms with E-state index in [1.54, 1.807) is 10.9 Å². The van der Waals surface area contributed by atoms with E-state index in [0.29, 0.717) is 6.54 Å². The van der Waals surface area contributed by atoms with Crippen molar-refractivity contribution < 1.29 is 9.53 Å². The predicted octanol–water partition coefficient (Wildman–Crippen LogP) is 4.16. The normalized spacial score (nSPS) is 10.5. The van der Waals surface area contributed by atoms with Crippen molar-refractivity contribution in [2.24, 2.45) is 0 Å². The average Bonchev–Trinajstić information content (AvgIpc) is 3.33. The highest BCUT2D eigenvalue weighted by molar-refractivity contribution is 5.77. The minimum Gasteiger partial charge on any atom is -0.483 e. The number of carbonyl (C=O) groups is 1. The van der Waals surface area contributed by atoms with Crippen molar-refractivity contribution in [2.75, 3.05) is 6.61 Å². The lowest BCUT2D eigenvalue weighted by Gasteiger charge is -2.13. The number of benzene rings is 3. The van der Waals surface area contributed by atoms with Gasteiger partial charge in [-0.1, -0.05) is 66.7 Å². The molecule has 0 saturated heterocycles. The van der Waals surface area contributed by atoms with Gasteiger partial charge in [0.1, 0.15) is 5.75 Å². The van der Waals surface area contributed by atoms with Crippen LogP contribution in [0.1, 0.15) is 16.7 Å². The van der Waals surface area contributed by atoms with Crippen LogP contribution in [0, 0.1) is 0 Å². The number of nitrogens with zero attached hydrogens (tertiary/aromatic N) is 2. The highest BCUT2D eigenvalue weighted by atomic mass is 16.5. The zero-order chi connectivity index (χ0) is 20.6. The monoisotopic (exact) mass is 397 g/mol. The third kappa shape index (κ3) is 4.94. The Morgan fingerprint density at radius 1 is 0.867 bits per heavy atom. The van der Waals surface area contributed by atoms with Crippen molar-refractivity contribution in [3.8, 4) is 11.4 Å². The average molecular weight is 397 g/mol. The second kappa shape index (κ2) is 9.56. The second-order valence-corrected chi connectivity index (χ2v) is 6.91. The van der Waals surface area contributed by atoms with E-state index in [9.17, 15) is 4.79 Å². The van der Waals surface area contributed by atoms with E-state index in [4.69, 9.17) is 4.74 Å². The molecule has 1 heterocycles. The molecule has 0 fully saturated rings. The summed E-state index contributed by atoms with van der Waals surface area (Å²) in [5.74, 6) is 0.563. The summed E-state index contributed by atoms with van der Waals surface area (Å²) in [6, 6.07) is 27.8. The quantitative estimate of drug-likeness (QED) is 0.486. The minimum absolute atomic E-state index is 0.0320. The second-order valence-electron chi connectivity index (χ2n) is 6.91. The summed E-state index contributed by atoms with van der Waals surface area (Å²) in [6.45, 7) is 0.375. The predicted molar refractivity (Wildman–Crippen MR) is 117 cm³/mol. The van der Waals surface area contributed by atoms with Crippen LogP contribution in [0.25, 0.3) is 5.69 Å². The molecular formula is C25H23N3O2. The zero-order valence-corrected chi connectivity index (χ0v) is 16.6. The van der Waals surface area contributed by atoms with E-state index in [1.165, 1.54) is 5.56 Å². The van der Waals surface area contributed by atoms with Crippen molar-refractivity contribution in [1.82, 2.24) is 15.1 Å². The number of aromatic nitrogens is 2. The summed E-state index contributed by atoms with van der Waals surface area (Å²) in [6.07, 6.45) is 4.37. The van der Waals surface area contributed by atoms with Gasteiger partial charge in [0.15, 0.2) is 6.61 Å². The lowest BCUT2D eigenvalue weighted by atomic mass is 10.0. The highest BCUT2D eigenvalue weighted by Gasteiger charge is 2.09. The molecule has 3 aromatic carbocycles. The summed E-state index contributed by atoms with van der Waals surface area (Å²) >= 11 is 0. The van der Waals surface area contributed by atoms with Crippen molar-refractivity contribution in [2.45, 2.75) is 13.0 Å². The van der Waals surface area contributed by atoms with E-state index < -0.39 is 0 Å². The zero-order valence-electron chi connectivity index (χ0n) is 16.6. The Morgan fingerprint density at radius 2 is 1.60 bits per heavy atom. The third-order valence-electron chi connectivity index (χ3n) is 4.79. The molecule has 0 bridgehead atoms. The molecule has 0 unspecified atom stereocenters. The fourth-order valence-electron chi connectivity index (χ4n) is 3.29. The summed E-state index contributed by atoms with van der Waals surface area (Å²) in [4.78, 5) is 12.4. The fourth-order valence-corrected chi connectivity index (χ4v) is 3.29. The molecule has 150 valence electrons. The van der Waals surface area contributed by atoms with Gasteiger partial charge in [-0.05, 0) is 34.9 Å². The van der Waals surface area contributed by atoms with Crippen LogP contribution in [0.4, 0.5) is 0 Å². The van der Waals surface area contributed by atoms with Crippen molar-refractivity contribution in [3.05, 3.63) is 114 Å². The van der Waals surface area contributed by atoms with Crippen LogP contribution >= 0.6 is 0 Å². The number of amides is 1. The third-order valence-corrected chi connectivity index (χ3v) is 4.79. The van der Waals surface area contributed by atoms with Crippen LogP contribution in [-0.2, 0) is 17.8 Å². The van der Waals surface area contributed by atoms with Gasteiger partial charge in [0.05, 0.1) is 5.69 Å². The summed E-state index contributed by atoms with van der Waals surface area (Å²) in [5, 5.41) is 7.21. The van der Waals surface area contributed by atoms with E-state index >= 15 is 0 Å². The number of para-hydroxylation sites is 2. The first-order valence-corrected chi connectivity index (χ1v) is 9.89. The van der Waals surface area contributed by atoms with Gasteiger partial charge in [-0.3, -0.25) is 4.79 Å². The smallest absolute Gasteiger partial charge is 0.258 e. The van der Waals surface area contributed by atoms with E-state index in [2.05, 4.69) is 22.5 Å². The highest BCUT2D eigenvalue weighted by Crippen LogP contribution is 2.21. The minimum atomic E-state index is -0.167. The molecule has 0 atom stereocenters. The maximum absolute atomic E-state index is 12.4. The summed E-state index contributed by atoms with van der Waals surface area (Å²) in [7, 11) is 0. The molecule has 1 amide bonds. The Bertz CT molecular complexity index is 1090. The van der Waals surface area contributed by atoms with Crippen molar-refractivity contribution in [3.63, 3.8) is 0 Å². The van der Waals surface area contributed by atoms with Gasteiger partial charge in [-0.25, -0.2) is 4.68 Å². The van der Waals surface area contributed by atoms with Crippen LogP contribution in [0.2, 0.25) is 0 Å². The van der Waals surface area contributed by atoms with Crippen molar-refractivity contribution >= 4 is 5.91 Å². The van der Waals surface area contributed by atoms with Crippen LogP contribution in [0.15, 0.2) is 97.3 Å². The number of carbonyl (C=O) groups excluding carboxylic acids is 1. The number of hydrogen-bond donors (Lipinski definition) is 1. The van der Waals surface area contributed by atoms with Gasteiger partial charge in [-0.2, -0.15) is 5.10 Å². The topological polar surface area (TPSA) is 56.1 Å². The molecule has 4 aromatic rings. The van der Waals surface area contributed by atoms with E-state index in [1.807, 2.05) is 79.0 Å². The first-order chi connectivity index (χ1) is 14.8. The molecule has 0 aliphatic rings. The van der Waals surface area contributed by atoms with Crippen LogP contribution < -0.4 is 10.1 Å². The Labute approximate surface area is 175 Å². The van der Waals surface area contributed by atoms with Crippen molar-refractivity contribution in [1.29, 1.82) is 0 Å². The maximum atomic E-state index is 12.4. The van der Waals surface area contributed by atoms with Gasteiger partial charge in [0, 0.05) is 25.4 Å². The van der Waals surface area contributed by atoms with E-state index in [0.717, 1.165) is 29.0 Å². The molecule has 1 N–H and O–H groups in total. The van der Waals surface area contributed by atoms with Crippen LogP contribution in [-0.4, -0.2) is 22.3 Å². The molecule has 0 radical (unpaired) electrons. The molecule has 4 rings (SSSR count). The molecule has 0 aliphatic carbocycles. The SMILES string of the molecule is O=C(COc1ccccc1Cc1ccccc1)NCc1ccccc1-n1cccn1. The van der Waals surface area contributed by atoms with Gasteiger partial charge in [0.2, 0.25) is 0 Å². The standard InChI is InChI=1S/C25H23N3O2/c29-25(26-18-22-12-4-6-13-23(22)28-16-8-15-27-28)19-30-24-14-7-5-11-21(24)17-20-9-2-1-3-10-20/h1-16H,17-19H2,(H,26,29). The lowest BCUT2D eigenvalue weighted by Crippen LogP contribution is -2.29. The Balaban J connectivity index is 1.35. The lowest BCUT2D eigenvalue weighted by molar-refractivity contribution is -0.123. The maximum Gasteiger partial charge on any atom is 0.258 e. The molecule has 0 aliphatic heterocycles. The number of rotatable bonds is 8. The van der Waals surface area contributed by atoms with Crippen LogP contribution in [0.5, 0.6) is 5.75 Å².